The van der Waals surface area contributed by atoms with E-state index in [-0.39, 0.29) is 22.9 Å². The Bertz CT molecular complexity index is 962. The lowest BCUT2D eigenvalue weighted by Gasteiger charge is -2.28. The van der Waals surface area contributed by atoms with Gasteiger partial charge in [-0.3, -0.25) is 4.79 Å². The van der Waals surface area contributed by atoms with Gasteiger partial charge in [0.1, 0.15) is 5.54 Å². The van der Waals surface area contributed by atoms with Crippen molar-refractivity contribution in [3.05, 3.63) is 53.4 Å². The van der Waals surface area contributed by atoms with E-state index in [1.165, 1.54) is 17.2 Å². The standard InChI is InChI=1S/C18H16F3N4O2S/c1-17(2)15(26)25(12-4-3-11(8-13(12)28)18(19,20)21)16(27)24(17)9-10-5-6-23-14(22)7-10/h3-8H,9H2,1-2H3,(H2-,22,23,28)/q-1. The fourth-order valence-corrected chi connectivity index (χ4v) is 3.27. The highest BCUT2D eigenvalue weighted by Crippen LogP contribution is 2.39. The Morgan fingerprint density at radius 2 is 1.86 bits per heavy atom. The molecule has 6 nitrogen and oxygen atoms in total. The molecule has 0 radical (unpaired) electrons. The van der Waals surface area contributed by atoms with Gasteiger partial charge in [-0.05, 0) is 37.6 Å². The van der Waals surface area contributed by atoms with E-state index >= 15 is 0 Å². The van der Waals surface area contributed by atoms with E-state index in [4.69, 9.17) is 5.73 Å². The molecule has 148 valence electrons. The van der Waals surface area contributed by atoms with Gasteiger partial charge in [-0.25, -0.2) is 9.69 Å². The molecule has 3 rings (SSSR count). The van der Waals surface area contributed by atoms with Crippen LogP contribution in [-0.2, 0) is 17.5 Å². The van der Waals surface area contributed by atoms with Gasteiger partial charge >= 0.3 is 12.2 Å². The van der Waals surface area contributed by atoms with Gasteiger partial charge in [0.05, 0.1) is 11.3 Å². The highest BCUT2D eigenvalue weighted by atomic mass is 32.1. The first-order valence-electron chi connectivity index (χ1n) is 8.16. The van der Waals surface area contributed by atoms with Crippen molar-refractivity contribution >= 4 is 36.1 Å². The van der Waals surface area contributed by atoms with Crippen molar-refractivity contribution in [1.82, 2.24) is 9.88 Å². The minimum atomic E-state index is -4.56. The number of halogens is 3. The Labute approximate surface area is 164 Å². The van der Waals surface area contributed by atoms with Gasteiger partial charge in [0.15, 0.2) is 0 Å². The van der Waals surface area contributed by atoms with Crippen molar-refractivity contribution in [2.45, 2.75) is 37.0 Å². The van der Waals surface area contributed by atoms with E-state index in [0.29, 0.717) is 5.56 Å². The van der Waals surface area contributed by atoms with Crippen LogP contribution in [-0.4, -0.2) is 27.4 Å². The van der Waals surface area contributed by atoms with Crippen molar-refractivity contribution in [3.63, 3.8) is 0 Å². The van der Waals surface area contributed by atoms with E-state index in [9.17, 15) is 22.8 Å². The fourth-order valence-electron chi connectivity index (χ4n) is 2.96. The van der Waals surface area contributed by atoms with Crippen LogP contribution >= 0.6 is 12.6 Å². The number of pyridine rings is 1. The molecule has 2 heterocycles. The number of hydrogen-bond donors (Lipinski definition) is 1. The fraction of sp³-hybridized carbons (Fsp3) is 0.278. The number of thiol groups is 1. The van der Waals surface area contributed by atoms with Gasteiger partial charge in [0.25, 0.3) is 5.91 Å². The number of benzene rings is 1. The molecule has 1 aromatic heterocycles. The molecule has 2 aromatic rings. The lowest BCUT2D eigenvalue weighted by atomic mass is 10.0. The number of amides is 3. The maximum atomic E-state index is 13.0. The van der Waals surface area contributed by atoms with Gasteiger partial charge in [0, 0.05) is 11.4 Å². The van der Waals surface area contributed by atoms with Crippen LogP contribution in [0.4, 0.5) is 29.5 Å². The summed E-state index contributed by atoms with van der Waals surface area (Å²) in [6, 6.07) is 5.07. The molecule has 0 spiro atoms. The van der Waals surface area contributed by atoms with Crippen LogP contribution in [0, 0.1) is 0 Å². The number of nitrogens with zero attached hydrogens (tertiary/aromatic N) is 3. The molecule has 0 aliphatic carbocycles. The first-order valence-corrected chi connectivity index (χ1v) is 8.60. The average molecular weight is 409 g/mol. The zero-order valence-electron chi connectivity index (χ0n) is 14.9. The van der Waals surface area contributed by atoms with Gasteiger partial charge in [-0.2, -0.15) is 13.2 Å². The van der Waals surface area contributed by atoms with Crippen LogP contribution < -0.4 is 4.90 Å². The van der Waals surface area contributed by atoms with E-state index < -0.39 is 29.2 Å². The Morgan fingerprint density at radius 1 is 1.18 bits per heavy atom. The summed E-state index contributed by atoms with van der Waals surface area (Å²) < 4.78 is 38.6. The highest BCUT2D eigenvalue weighted by Gasteiger charge is 2.52. The van der Waals surface area contributed by atoms with Gasteiger partial charge in [-0.15, -0.1) is 12.6 Å². The molecule has 0 unspecified atom stereocenters. The Morgan fingerprint density at radius 3 is 2.43 bits per heavy atom. The molecule has 1 aliphatic rings. The van der Waals surface area contributed by atoms with Crippen LogP contribution in [0.15, 0.2) is 41.4 Å². The monoisotopic (exact) mass is 409 g/mol. The molecule has 0 saturated carbocycles. The number of nitrogens with one attached hydrogen (secondary N) is 1. The predicted molar refractivity (Wildman–Crippen MR) is 99.4 cm³/mol. The van der Waals surface area contributed by atoms with Crippen LogP contribution in [0.25, 0.3) is 5.73 Å². The van der Waals surface area contributed by atoms with Crippen molar-refractivity contribution < 1.29 is 22.8 Å². The van der Waals surface area contributed by atoms with Gasteiger partial charge in [-0.1, -0.05) is 24.1 Å². The molecule has 28 heavy (non-hydrogen) atoms. The Kier molecular flexibility index (Phi) is 4.78. The number of rotatable bonds is 3. The molecule has 10 heteroatoms. The number of carbonyl (C=O) groups is 2. The molecule has 1 aromatic carbocycles. The maximum Gasteiger partial charge on any atom is 0.416 e. The zero-order chi connectivity index (χ0) is 20.9. The molecule has 1 aliphatic heterocycles. The summed E-state index contributed by atoms with van der Waals surface area (Å²) >= 11 is 4.06. The van der Waals surface area contributed by atoms with Crippen LogP contribution in [0.2, 0.25) is 0 Å². The largest absolute Gasteiger partial charge is 0.482 e. The Hall–Kier alpha value is -2.75. The Balaban J connectivity index is 1.98. The van der Waals surface area contributed by atoms with Gasteiger partial charge in [0.2, 0.25) is 0 Å². The number of imide groups is 1. The highest BCUT2D eigenvalue weighted by molar-refractivity contribution is 7.80. The third-order valence-electron chi connectivity index (χ3n) is 4.53. The third kappa shape index (κ3) is 3.39. The van der Waals surface area contributed by atoms with Crippen molar-refractivity contribution in [2.24, 2.45) is 0 Å². The lowest BCUT2D eigenvalue weighted by Crippen LogP contribution is -2.43. The van der Waals surface area contributed by atoms with Crippen LogP contribution in [0.1, 0.15) is 25.0 Å². The summed E-state index contributed by atoms with van der Waals surface area (Å²) in [4.78, 5) is 31.6. The molecule has 0 atom stereocenters. The van der Waals surface area contributed by atoms with Crippen LogP contribution in [0.5, 0.6) is 0 Å². The number of anilines is 1. The van der Waals surface area contributed by atoms with Crippen LogP contribution in [0.3, 0.4) is 0 Å². The maximum absolute atomic E-state index is 13.0. The second kappa shape index (κ2) is 6.69. The molecule has 1 fully saturated rings. The lowest BCUT2D eigenvalue weighted by molar-refractivity contribution is -0.137. The molecule has 1 saturated heterocycles. The SMILES string of the molecule is CC1(C)C(=O)N(c2ccc(C(F)(F)F)cc2S)C(=O)N1Cc1ccnc([NH-])c1. The average Bonchev–Trinajstić information content (AvgIpc) is 2.75. The summed E-state index contributed by atoms with van der Waals surface area (Å²) in [5.74, 6) is -0.557. The molecule has 3 amide bonds. The molecule has 0 bridgehead atoms. The third-order valence-corrected chi connectivity index (χ3v) is 4.89. The minimum Gasteiger partial charge on any atom is -0.482 e. The predicted octanol–water partition coefficient (Wildman–Crippen LogP) is 4.82. The van der Waals surface area contributed by atoms with Crippen molar-refractivity contribution in [1.29, 1.82) is 0 Å². The second-order valence-corrected chi connectivity index (χ2v) is 7.30. The first-order chi connectivity index (χ1) is 12.9. The number of hydrogen-bond acceptors (Lipinski definition) is 4. The summed E-state index contributed by atoms with van der Waals surface area (Å²) in [6.45, 7) is 3.15. The number of aromatic nitrogens is 1. The first kappa shape index (κ1) is 20.0. The number of carbonyl (C=O) groups excluding carboxylic acids is 2. The normalized spacial score (nSPS) is 16.8. The summed E-state index contributed by atoms with van der Waals surface area (Å²) in [5.41, 5.74) is 6.02. The minimum absolute atomic E-state index is 0.0159. The topological polar surface area (TPSA) is 77.3 Å². The van der Waals surface area contributed by atoms with E-state index in [1.807, 2.05) is 0 Å². The number of urea groups is 1. The van der Waals surface area contributed by atoms with E-state index in [1.54, 1.807) is 19.9 Å². The molecule has 1 N–H and O–H groups in total. The second-order valence-electron chi connectivity index (χ2n) is 6.82. The quantitative estimate of drug-likeness (QED) is 0.583. The summed E-state index contributed by atoms with van der Waals surface area (Å²) in [5, 5.41) is 0. The van der Waals surface area contributed by atoms with Crippen molar-refractivity contribution in [3.8, 4) is 0 Å². The van der Waals surface area contributed by atoms with E-state index in [0.717, 1.165) is 23.1 Å². The molecular formula is C18H16F3N4O2S-. The van der Waals surface area contributed by atoms with Gasteiger partial charge < -0.3 is 15.6 Å². The van der Waals surface area contributed by atoms with E-state index in [2.05, 4.69) is 17.6 Å². The molecular weight excluding hydrogens is 393 g/mol. The van der Waals surface area contributed by atoms with Crippen molar-refractivity contribution in [2.75, 3.05) is 4.90 Å². The smallest absolute Gasteiger partial charge is 0.416 e. The zero-order valence-corrected chi connectivity index (χ0v) is 15.8. The summed E-state index contributed by atoms with van der Waals surface area (Å²) in [6.07, 6.45) is -3.14. The summed E-state index contributed by atoms with van der Waals surface area (Å²) in [7, 11) is 0. The number of alkyl halides is 3.